The molecule has 0 saturated carbocycles. The Morgan fingerprint density at radius 2 is 2.22 bits per heavy atom. The minimum absolute atomic E-state index is 0. The van der Waals surface area contributed by atoms with Gasteiger partial charge in [-0.1, -0.05) is 13.8 Å². The molecule has 0 fully saturated rings. The summed E-state index contributed by atoms with van der Waals surface area (Å²) in [5, 5.41) is 2.80. The molecule has 1 aromatic heterocycles. The van der Waals surface area contributed by atoms with Gasteiger partial charge >= 0.3 is 0 Å². The molecule has 0 spiro atoms. The molecule has 1 aromatic rings. The van der Waals surface area contributed by atoms with Crippen molar-refractivity contribution >= 4 is 18.3 Å². The van der Waals surface area contributed by atoms with E-state index in [-0.39, 0.29) is 24.4 Å². The van der Waals surface area contributed by atoms with Gasteiger partial charge in [-0.05, 0) is 12.0 Å². The van der Waals surface area contributed by atoms with Crippen LogP contribution in [0.5, 0.6) is 0 Å². The van der Waals surface area contributed by atoms with Crippen molar-refractivity contribution in [2.24, 2.45) is 11.7 Å². The maximum atomic E-state index is 11.7. The summed E-state index contributed by atoms with van der Waals surface area (Å²) in [6, 6.07) is 1.65. The molecule has 1 heterocycles. The van der Waals surface area contributed by atoms with Crippen LogP contribution in [0.3, 0.4) is 0 Å². The number of methoxy groups -OCH3 is 1. The van der Waals surface area contributed by atoms with E-state index in [9.17, 15) is 4.79 Å². The van der Waals surface area contributed by atoms with E-state index in [0.29, 0.717) is 30.3 Å². The van der Waals surface area contributed by atoms with Crippen molar-refractivity contribution in [2.75, 3.05) is 13.7 Å². The van der Waals surface area contributed by atoms with E-state index >= 15 is 0 Å². The van der Waals surface area contributed by atoms with Crippen LogP contribution in [0.1, 0.15) is 30.0 Å². The van der Waals surface area contributed by atoms with Gasteiger partial charge in [0.1, 0.15) is 12.0 Å². The molecule has 3 N–H and O–H groups in total. The Hall–Kier alpha value is -1.04. The highest BCUT2D eigenvalue weighted by Gasteiger charge is 2.15. The van der Waals surface area contributed by atoms with Gasteiger partial charge in [0.25, 0.3) is 5.91 Å². The maximum Gasteiger partial charge on any atom is 0.254 e. The summed E-state index contributed by atoms with van der Waals surface area (Å²) < 4.78 is 10.4. The van der Waals surface area contributed by atoms with Gasteiger partial charge in [0, 0.05) is 13.7 Å². The topological polar surface area (TPSA) is 77.5 Å². The van der Waals surface area contributed by atoms with Gasteiger partial charge < -0.3 is 20.2 Å². The highest BCUT2D eigenvalue weighted by molar-refractivity contribution is 5.93. The largest absolute Gasteiger partial charge is 0.467 e. The Bertz CT molecular complexity index is 366. The van der Waals surface area contributed by atoms with Crippen molar-refractivity contribution in [1.29, 1.82) is 0 Å². The fourth-order valence-corrected chi connectivity index (χ4v) is 1.49. The Kier molecular flexibility index (Phi) is 7.66. The van der Waals surface area contributed by atoms with Crippen molar-refractivity contribution < 1.29 is 13.9 Å². The molecule has 0 aliphatic rings. The summed E-state index contributed by atoms with van der Waals surface area (Å²) in [7, 11) is 1.64. The van der Waals surface area contributed by atoms with E-state index in [1.807, 2.05) is 13.8 Å². The first-order chi connectivity index (χ1) is 8.08. The highest BCUT2D eigenvalue weighted by Crippen LogP contribution is 2.08. The van der Waals surface area contributed by atoms with Crippen LogP contribution in [-0.4, -0.2) is 25.7 Å². The summed E-state index contributed by atoms with van der Waals surface area (Å²) in [5.74, 6) is 0.780. The molecule has 0 aliphatic heterocycles. The van der Waals surface area contributed by atoms with Crippen molar-refractivity contribution in [3.63, 3.8) is 0 Å². The van der Waals surface area contributed by atoms with Crippen LogP contribution >= 0.6 is 12.4 Å². The molecule has 0 saturated heterocycles. The molecule has 1 amide bonds. The van der Waals surface area contributed by atoms with Crippen molar-refractivity contribution in [2.45, 2.75) is 26.5 Å². The Labute approximate surface area is 113 Å². The lowest BCUT2D eigenvalue weighted by molar-refractivity contribution is 0.0605. The molecule has 5 nitrogen and oxygen atoms in total. The first-order valence-electron chi connectivity index (χ1n) is 5.67. The van der Waals surface area contributed by atoms with Crippen LogP contribution in [0.2, 0.25) is 0 Å². The Balaban J connectivity index is 0.00000289. The molecule has 104 valence electrons. The van der Waals surface area contributed by atoms with Crippen LogP contribution in [0.25, 0.3) is 0 Å². The number of rotatable bonds is 6. The number of carbonyl (C=O) groups excluding carboxylic acids is 1. The lowest BCUT2D eigenvalue weighted by Crippen LogP contribution is -2.35. The average Bonchev–Trinajstić information content (AvgIpc) is 2.77. The first kappa shape index (κ1) is 17.0. The quantitative estimate of drug-likeness (QED) is 0.827. The molecule has 1 unspecified atom stereocenters. The zero-order valence-corrected chi connectivity index (χ0v) is 11.8. The van der Waals surface area contributed by atoms with Crippen molar-refractivity contribution in [3.05, 3.63) is 23.7 Å². The minimum atomic E-state index is -0.170. The van der Waals surface area contributed by atoms with Gasteiger partial charge in [-0.3, -0.25) is 4.79 Å². The predicted octanol–water partition coefficient (Wildman–Crippen LogP) is 1.56. The Morgan fingerprint density at radius 3 is 2.67 bits per heavy atom. The third-order valence-electron chi connectivity index (χ3n) is 2.63. The normalized spacial score (nSPS) is 12.1. The molecule has 6 heteroatoms. The number of hydrogen-bond acceptors (Lipinski definition) is 4. The van der Waals surface area contributed by atoms with E-state index in [1.165, 1.54) is 6.26 Å². The monoisotopic (exact) mass is 276 g/mol. The van der Waals surface area contributed by atoms with E-state index in [1.54, 1.807) is 13.2 Å². The van der Waals surface area contributed by atoms with Crippen molar-refractivity contribution in [3.8, 4) is 0 Å². The van der Waals surface area contributed by atoms with Gasteiger partial charge in [-0.15, -0.1) is 12.4 Å². The fourth-order valence-electron chi connectivity index (χ4n) is 1.49. The van der Waals surface area contributed by atoms with Crippen LogP contribution < -0.4 is 11.1 Å². The number of hydrogen-bond donors (Lipinski definition) is 2. The summed E-state index contributed by atoms with van der Waals surface area (Å²) in [5.41, 5.74) is 5.89. The van der Waals surface area contributed by atoms with E-state index in [4.69, 9.17) is 14.9 Å². The number of halogens is 1. The second-order valence-electron chi connectivity index (χ2n) is 4.23. The number of amides is 1. The highest BCUT2D eigenvalue weighted by atomic mass is 35.5. The van der Waals surface area contributed by atoms with Gasteiger partial charge in [0.2, 0.25) is 0 Å². The van der Waals surface area contributed by atoms with Crippen LogP contribution in [-0.2, 0) is 11.3 Å². The van der Waals surface area contributed by atoms with Crippen LogP contribution in [0.4, 0.5) is 0 Å². The maximum absolute atomic E-state index is 11.7. The molecule has 1 atom stereocenters. The summed E-state index contributed by atoms with van der Waals surface area (Å²) in [6.45, 7) is 4.87. The molecule has 1 rings (SSSR count). The van der Waals surface area contributed by atoms with Crippen molar-refractivity contribution in [1.82, 2.24) is 5.32 Å². The molecular formula is C12H21ClN2O3. The van der Waals surface area contributed by atoms with E-state index in [0.717, 1.165) is 0 Å². The molecule has 0 radical (unpaired) electrons. The fraction of sp³-hybridized carbons (Fsp3) is 0.583. The van der Waals surface area contributed by atoms with Gasteiger partial charge in [0.15, 0.2) is 0 Å². The average molecular weight is 277 g/mol. The SMILES string of the molecule is COC(CNC(=O)c1coc(CN)c1)C(C)C.Cl. The number of carbonyl (C=O) groups is 1. The lowest BCUT2D eigenvalue weighted by atomic mass is 10.1. The number of nitrogens with one attached hydrogen (secondary N) is 1. The van der Waals surface area contributed by atoms with Gasteiger partial charge in [-0.25, -0.2) is 0 Å². The number of ether oxygens (including phenoxy) is 1. The Morgan fingerprint density at radius 1 is 1.56 bits per heavy atom. The second-order valence-corrected chi connectivity index (χ2v) is 4.23. The second kappa shape index (κ2) is 8.13. The zero-order valence-electron chi connectivity index (χ0n) is 10.9. The number of nitrogens with two attached hydrogens (primary N) is 1. The first-order valence-corrected chi connectivity index (χ1v) is 5.67. The molecule has 0 bridgehead atoms. The molecular weight excluding hydrogens is 256 g/mol. The van der Waals surface area contributed by atoms with Crippen LogP contribution in [0.15, 0.2) is 16.7 Å². The number of furan rings is 1. The summed E-state index contributed by atoms with van der Waals surface area (Å²) >= 11 is 0. The minimum Gasteiger partial charge on any atom is -0.467 e. The summed E-state index contributed by atoms with van der Waals surface area (Å²) in [6.07, 6.45) is 1.43. The van der Waals surface area contributed by atoms with Gasteiger partial charge in [-0.2, -0.15) is 0 Å². The molecule has 18 heavy (non-hydrogen) atoms. The van der Waals surface area contributed by atoms with E-state index in [2.05, 4.69) is 5.32 Å². The molecule has 0 aromatic carbocycles. The third-order valence-corrected chi connectivity index (χ3v) is 2.63. The summed E-state index contributed by atoms with van der Waals surface area (Å²) in [4.78, 5) is 11.7. The third kappa shape index (κ3) is 4.68. The predicted molar refractivity (Wildman–Crippen MR) is 71.8 cm³/mol. The standard InChI is InChI=1S/C12H20N2O3.ClH/c1-8(2)11(16-3)6-14-12(15)9-4-10(5-13)17-7-9;/h4,7-8,11H,5-6,13H2,1-3H3,(H,14,15);1H. The zero-order chi connectivity index (χ0) is 12.8. The van der Waals surface area contributed by atoms with Crippen LogP contribution in [0, 0.1) is 5.92 Å². The van der Waals surface area contributed by atoms with Gasteiger partial charge in [0.05, 0.1) is 18.2 Å². The molecule has 0 aliphatic carbocycles. The smallest absolute Gasteiger partial charge is 0.254 e. The van der Waals surface area contributed by atoms with E-state index < -0.39 is 0 Å². The lowest BCUT2D eigenvalue weighted by Gasteiger charge is -2.19.